The zero-order valence-electron chi connectivity index (χ0n) is 62.2. The predicted molar refractivity (Wildman–Crippen MR) is 374 cm³/mol. The van der Waals surface area contributed by atoms with Crippen molar-refractivity contribution in [2.24, 2.45) is 29.6 Å². The summed E-state index contributed by atoms with van der Waals surface area (Å²) in [4.78, 5) is 192. The fourth-order valence-electron chi connectivity index (χ4n) is 16.8. The van der Waals surface area contributed by atoms with Crippen LogP contribution < -0.4 is 16.0 Å². The van der Waals surface area contributed by atoms with Crippen LogP contribution in [0.25, 0.3) is 0 Å². The van der Waals surface area contributed by atoms with Crippen molar-refractivity contribution < 1.29 is 75.4 Å². The van der Waals surface area contributed by atoms with E-state index < -0.39 is 167 Å². The molecule has 574 valence electrons. The minimum absolute atomic E-state index is 0.00117. The second-order valence-electron chi connectivity index (χ2n) is 31.6. The maximum Gasteiger partial charge on any atom is 0.393 e. The number of nitrogens with zero attached hydrogens (tertiary/aromatic N) is 9. The van der Waals surface area contributed by atoms with E-state index in [9.17, 15) is 41.9 Å². The summed E-state index contributed by atoms with van der Waals surface area (Å²) < 4.78 is 48.3. The summed E-state index contributed by atoms with van der Waals surface area (Å²) in [6.45, 7) is 8.79. The molecule has 3 unspecified atom stereocenters. The van der Waals surface area contributed by atoms with Crippen LogP contribution in [0.4, 0.5) is 13.2 Å². The smallest absolute Gasteiger partial charge is 0.376 e. The lowest BCUT2D eigenvalue weighted by Crippen LogP contribution is -2.65. The van der Waals surface area contributed by atoms with E-state index in [1.54, 1.807) is 18.7 Å². The molecule has 4 aliphatic carbocycles. The second-order valence-corrected chi connectivity index (χ2v) is 32.2. The molecule has 1 spiro atoms. The Kier molecular flexibility index (Phi) is 28.4. The number of likely N-dealkylation sites (tertiary alicyclic amines) is 1. The Hall–Kier alpha value is -6.32. The van der Waals surface area contributed by atoms with Crippen LogP contribution in [0, 0.1) is 29.6 Å². The summed E-state index contributed by atoms with van der Waals surface area (Å²) in [6.07, 6.45) is 6.20. The highest BCUT2D eigenvalue weighted by Crippen LogP contribution is 2.44. The van der Waals surface area contributed by atoms with Crippen LogP contribution in [-0.4, -0.2) is 274 Å². The van der Waals surface area contributed by atoms with Gasteiger partial charge in [-0.1, -0.05) is 72.6 Å². The van der Waals surface area contributed by atoms with Crippen LogP contribution in [0.1, 0.15) is 202 Å². The summed E-state index contributed by atoms with van der Waals surface area (Å²) in [6, 6.07) is -11.1. The molecule has 8 aliphatic rings. The molecule has 12 amide bonds. The van der Waals surface area contributed by atoms with E-state index in [-0.39, 0.29) is 114 Å². The zero-order chi connectivity index (χ0) is 74.8. The average Bonchev–Trinajstić information content (AvgIpc) is 1.35. The molecule has 0 aromatic rings. The van der Waals surface area contributed by atoms with Crippen LogP contribution in [0.15, 0.2) is 0 Å². The first-order valence-electron chi connectivity index (χ1n) is 37.9. The van der Waals surface area contributed by atoms with E-state index in [4.69, 9.17) is 16.3 Å². The number of nitrogens with one attached hydrogen (secondary N) is 3. The highest BCUT2D eigenvalue weighted by molar-refractivity contribution is 6.21. The molecule has 0 aromatic carbocycles. The van der Waals surface area contributed by atoms with Crippen molar-refractivity contribution >= 4 is 82.5 Å². The zero-order valence-corrected chi connectivity index (χ0v) is 63.0. The lowest BCUT2D eigenvalue weighted by molar-refractivity contribution is -0.182. The van der Waals surface area contributed by atoms with Crippen molar-refractivity contribution in [2.45, 2.75) is 279 Å². The number of amides is 12. The number of fused-ring (bicyclic) bond motifs is 2. The Bertz CT molecular complexity index is 3010. The Morgan fingerprint density at radius 1 is 0.588 bits per heavy atom. The Labute approximate surface area is 605 Å². The second kappa shape index (κ2) is 35.6. The van der Waals surface area contributed by atoms with Gasteiger partial charge in [-0.2, -0.15) is 13.2 Å². The van der Waals surface area contributed by atoms with Crippen LogP contribution in [0.2, 0.25) is 0 Å². The Balaban J connectivity index is 1.15. The molecule has 4 saturated heterocycles. The van der Waals surface area contributed by atoms with Crippen LogP contribution >= 0.6 is 11.6 Å². The van der Waals surface area contributed by atoms with E-state index in [0.717, 1.165) is 57.8 Å². The van der Waals surface area contributed by atoms with Crippen LogP contribution in [-0.2, 0) is 62.3 Å². The number of likely N-dealkylation sites (N-methyl/N-ethyl adjacent to an activating group) is 6. The third kappa shape index (κ3) is 19.4. The first-order chi connectivity index (χ1) is 48.2. The first-order valence-corrected chi connectivity index (χ1v) is 38.3. The molecule has 0 aromatic heterocycles. The molecule has 29 heteroatoms. The summed E-state index contributed by atoms with van der Waals surface area (Å²) in [7, 11) is 8.62. The number of rotatable bonds is 12. The van der Waals surface area contributed by atoms with Gasteiger partial charge >= 0.3 is 6.18 Å². The van der Waals surface area contributed by atoms with E-state index in [1.807, 2.05) is 13.8 Å². The third-order valence-electron chi connectivity index (χ3n) is 23.7. The van der Waals surface area contributed by atoms with Gasteiger partial charge in [0, 0.05) is 73.8 Å². The number of ether oxygens (including phenoxy) is 1. The maximum absolute atomic E-state index is 15.5. The minimum Gasteiger partial charge on any atom is -0.376 e. The number of hydrogen-bond acceptors (Lipinski definition) is 13. The molecule has 102 heavy (non-hydrogen) atoms. The van der Waals surface area contributed by atoms with E-state index in [1.165, 1.54) is 88.4 Å². The van der Waals surface area contributed by atoms with Gasteiger partial charge in [0.25, 0.3) is 0 Å². The summed E-state index contributed by atoms with van der Waals surface area (Å²) >= 11 is 6.41. The largest absolute Gasteiger partial charge is 0.393 e. The van der Waals surface area contributed by atoms with Crippen molar-refractivity contribution in [3.05, 3.63) is 0 Å². The number of carbonyl (C=O) groups excluding carboxylic acids is 12. The monoisotopic (exact) mass is 1460 g/mol. The van der Waals surface area contributed by atoms with Crippen molar-refractivity contribution in [3.8, 4) is 0 Å². The number of piperidine rings is 1. The highest BCUT2D eigenvalue weighted by atomic mass is 35.5. The van der Waals surface area contributed by atoms with E-state index in [2.05, 4.69) is 16.0 Å². The van der Waals surface area contributed by atoms with Gasteiger partial charge in [0.2, 0.25) is 70.9 Å². The SMILES string of the molecule is CC(C)C[C@H]1C(=O)N[C@@H](COC2CCC2)C(=O)N(C)[C@@H](C)C(=O)N2CC[C@H]2C(=O)N(C)[C@@H](CC2CCCCC2)C(=O)N(C)CC(=O)N[C@@H](CCC2CCC(C(F)(F)F)C(Cl)C2)C(=O)N2CCC[C@H]2C(=O)NC2(CCCC2)C(=O)N(C)[C@@H](C(C)C)C(=O)N(C)[C@H](C(=O)N2CCCCC2)CC(=O)N1C. The van der Waals surface area contributed by atoms with Gasteiger partial charge in [-0.3, -0.25) is 57.5 Å². The Morgan fingerprint density at radius 2 is 1.24 bits per heavy atom. The maximum atomic E-state index is 15.5. The van der Waals surface area contributed by atoms with Gasteiger partial charge < -0.3 is 64.8 Å². The van der Waals surface area contributed by atoms with Crippen LogP contribution in [0.5, 0.6) is 0 Å². The molecule has 4 heterocycles. The van der Waals surface area contributed by atoms with Crippen molar-refractivity contribution in [2.75, 3.05) is 81.6 Å². The summed E-state index contributed by atoms with van der Waals surface area (Å²) in [5.41, 5.74) is -1.57. The quantitative estimate of drug-likeness (QED) is 0.201. The van der Waals surface area contributed by atoms with Crippen molar-refractivity contribution in [1.29, 1.82) is 0 Å². The molecular weight excluding hydrogens is 1350 g/mol. The molecule has 3 N–H and O–H groups in total. The molecule has 12 atom stereocenters. The van der Waals surface area contributed by atoms with Gasteiger partial charge in [0.1, 0.15) is 59.9 Å². The predicted octanol–water partition coefficient (Wildman–Crippen LogP) is 5.61. The van der Waals surface area contributed by atoms with E-state index in [0.29, 0.717) is 45.2 Å². The van der Waals surface area contributed by atoms with Crippen molar-refractivity contribution in [3.63, 3.8) is 0 Å². The molecule has 25 nitrogen and oxygen atoms in total. The first kappa shape index (κ1) is 81.4. The standard InChI is InChI=1S/C73H116ClF3N12O13/c1-44(2)38-56-62(92)79-53(43-102-49-24-20-25-49)65(95)82(7)46(5)64(94)89-37-31-55(89)68(98)84(9)57(40-47-22-14-12-15-23-47)67(97)81(6)42-59(90)78-52(30-28-48-27-29-50(51(74)39-48)73(75,76)77)66(96)88-36-21-26-54(88)63(93)80-72(32-16-17-33-72)71(101)86(11)61(45(3)4)70(100)85(10)58(41-60(91)83(56)8)69(99)87-34-18-13-19-35-87/h44-58,61H,12-43H2,1-11H3,(H,78,90)(H,79,92)(H,80,93)/t46-,48?,50?,51?,52-,53-,54-,55-,56-,57-,58-,61-/m0/s1. The van der Waals surface area contributed by atoms with Gasteiger partial charge in [0.05, 0.1) is 31.6 Å². The number of carbonyl (C=O) groups is 12. The fraction of sp³-hybridized carbons (Fsp3) is 0.836. The molecule has 8 fully saturated rings. The van der Waals surface area contributed by atoms with Crippen LogP contribution in [0.3, 0.4) is 0 Å². The molecule has 0 radical (unpaired) electrons. The molecular formula is C73H116ClF3N12O13. The Morgan fingerprint density at radius 3 is 1.82 bits per heavy atom. The van der Waals surface area contributed by atoms with Crippen molar-refractivity contribution in [1.82, 2.24) is 60.0 Å². The van der Waals surface area contributed by atoms with Gasteiger partial charge in [-0.25, -0.2) is 0 Å². The number of hydrogen-bond donors (Lipinski definition) is 3. The normalized spacial score (nSPS) is 31.1. The fourth-order valence-corrected chi connectivity index (χ4v) is 17.3. The summed E-state index contributed by atoms with van der Waals surface area (Å²) in [5, 5.41) is 7.54. The number of halogens is 4. The minimum atomic E-state index is -4.51. The van der Waals surface area contributed by atoms with Gasteiger partial charge in [0.15, 0.2) is 0 Å². The lowest BCUT2D eigenvalue weighted by atomic mass is 9.78. The number of alkyl halides is 4. The van der Waals surface area contributed by atoms with E-state index >= 15 is 28.8 Å². The summed E-state index contributed by atoms with van der Waals surface area (Å²) in [5.74, 6) is -10.4. The molecule has 0 bridgehead atoms. The molecule has 4 saturated carbocycles. The van der Waals surface area contributed by atoms with Gasteiger partial charge in [-0.15, -0.1) is 11.6 Å². The molecule has 4 aliphatic heterocycles. The molecule has 8 rings (SSSR count). The third-order valence-corrected chi connectivity index (χ3v) is 24.1. The highest BCUT2D eigenvalue weighted by Gasteiger charge is 2.52. The topological polar surface area (TPSA) is 279 Å². The van der Waals surface area contributed by atoms with Gasteiger partial charge in [-0.05, 0) is 146 Å². The lowest BCUT2D eigenvalue weighted by Gasteiger charge is -2.45. The average molecular weight is 1460 g/mol.